The Bertz CT molecular complexity index is 449. The quantitative estimate of drug-likeness (QED) is 0.848. The lowest BCUT2D eigenvalue weighted by Gasteiger charge is -2.22. The van der Waals surface area contributed by atoms with Crippen LogP contribution in [0.25, 0.3) is 0 Å². The Balaban J connectivity index is 1.53. The Labute approximate surface area is 113 Å². The van der Waals surface area contributed by atoms with E-state index in [2.05, 4.69) is 5.32 Å². The van der Waals surface area contributed by atoms with Gasteiger partial charge >= 0.3 is 0 Å². The zero-order valence-electron chi connectivity index (χ0n) is 10.9. The highest BCUT2D eigenvalue weighted by molar-refractivity contribution is 5.82. The van der Waals surface area contributed by atoms with E-state index in [0.29, 0.717) is 12.5 Å². The number of nitrogens with two attached hydrogens (primary N) is 1. The summed E-state index contributed by atoms with van der Waals surface area (Å²) in [7, 11) is 0. The number of fused-ring (bicyclic) bond motifs is 2. The molecule has 3 rings (SSSR count). The fourth-order valence-electron chi connectivity index (χ4n) is 3.04. The lowest BCUT2D eigenvalue weighted by atomic mass is 9.95. The molecule has 3 unspecified atom stereocenters. The van der Waals surface area contributed by atoms with E-state index in [1.165, 1.54) is 0 Å². The number of ether oxygens (including phenoxy) is 1. The first kappa shape index (κ1) is 12.6. The summed E-state index contributed by atoms with van der Waals surface area (Å²) in [5.74, 6) is -0.0648. The Morgan fingerprint density at radius 1 is 1.37 bits per heavy atom. The molecule has 2 bridgehead atoms. The predicted octanol–water partition coefficient (Wildman–Crippen LogP) is 0.992. The number of hydrogen-bond acceptors (Lipinski definition) is 3. The molecule has 0 spiro atoms. The molecule has 3 N–H and O–H groups in total. The number of amides is 1. The van der Waals surface area contributed by atoms with Crippen LogP contribution < -0.4 is 11.1 Å². The molecule has 2 fully saturated rings. The van der Waals surface area contributed by atoms with Crippen LogP contribution in [0.1, 0.15) is 24.8 Å². The van der Waals surface area contributed by atoms with Gasteiger partial charge in [0.15, 0.2) is 0 Å². The summed E-state index contributed by atoms with van der Waals surface area (Å²) in [6.45, 7) is 0. The van der Waals surface area contributed by atoms with Gasteiger partial charge in [-0.1, -0.05) is 30.3 Å². The van der Waals surface area contributed by atoms with Crippen molar-refractivity contribution in [2.75, 3.05) is 0 Å². The number of carbonyl (C=O) groups excluding carboxylic acids is 1. The summed E-state index contributed by atoms with van der Waals surface area (Å²) >= 11 is 0. The Morgan fingerprint density at radius 3 is 2.79 bits per heavy atom. The fourth-order valence-corrected chi connectivity index (χ4v) is 3.04. The van der Waals surface area contributed by atoms with Crippen LogP contribution in [0.5, 0.6) is 0 Å². The Hall–Kier alpha value is -1.39. The van der Waals surface area contributed by atoms with Crippen LogP contribution >= 0.6 is 0 Å². The summed E-state index contributed by atoms with van der Waals surface area (Å²) in [5.41, 5.74) is 7.06. The molecule has 4 atom stereocenters. The highest BCUT2D eigenvalue weighted by Crippen LogP contribution is 2.34. The minimum atomic E-state index is -0.485. The van der Waals surface area contributed by atoms with Gasteiger partial charge in [-0.25, -0.2) is 0 Å². The monoisotopic (exact) mass is 260 g/mol. The maximum atomic E-state index is 12.1. The maximum absolute atomic E-state index is 12.1. The van der Waals surface area contributed by atoms with Crippen molar-refractivity contribution in [3.05, 3.63) is 35.9 Å². The van der Waals surface area contributed by atoms with Gasteiger partial charge < -0.3 is 15.8 Å². The smallest absolute Gasteiger partial charge is 0.237 e. The van der Waals surface area contributed by atoms with Gasteiger partial charge in [0.2, 0.25) is 5.91 Å². The van der Waals surface area contributed by atoms with Crippen molar-refractivity contribution in [3.8, 4) is 0 Å². The van der Waals surface area contributed by atoms with Crippen LogP contribution in [0.15, 0.2) is 30.3 Å². The van der Waals surface area contributed by atoms with Crippen LogP contribution in [0.3, 0.4) is 0 Å². The normalized spacial score (nSPS) is 30.3. The summed E-state index contributed by atoms with van der Waals surface area (Å²) in [4.78, 5) is 12.1. The average Bonchev–Trinajstić information content (AvgIpc) is 3.02. The number of hydrogen-bond donors (Lipinski definition) is 2. The van der Waals surface area contributed by atoms with E-state index in [-0.39, 0.29) is 18.1 Å². The minimum absolute atomic E-state index is 0.0648. The zero-order chi connectivity index (χ0) is 13.2. The van der Waals surface area contributed by atoms with Crippen LogP contribution in [0.4, 0.5) is 0 Å². The van der Waals surface area contributed by atoms with Gasteiger partial charge in [-0.05, 0) is 31.2 Å². The van der Waals surface area contributed by atoms with Crippen molar-refractivity contribution in [1.29, 1.82) is 0 Å². The van der Waals surface area contributed by atoms with Gasteiger partial charge in [0.1, 0.15) is 0 Å². The lowest BCUT2D eigenvalue weighted by Crippen LogP contribution is -2.49. The second-order valence-electron chi connectivity index (χ2n) is 5.52. The molecule has 0 radical (unpaired) electrons. The van der Waals surface area contributed by atoms with E-state index >= 15 is 0 Å². The van der Waals surface area contributed by atoms with Crippen molar-refractivity contribution >= 4 is 5.91 Å². The van der Waals surface area contributed by atoms with E-state index < -0.39 is 6.04 Å². The van der Waals surface area contributed by atoms with Crippen molar-refractivity contribution < 1.29 is 9.53 Å². The molecule has 1 aromatic rings. The third-order valence-electron chi connectivity index (χ3n) is 4.07. The molecule has 2 heterocycles. The summed E-state index contributed by atoms with van der Waals surface area (Å²) < 4.78 is 5.73. The largest absolute Gasteiger partial charge is 0.373 e. The molecule has 1 amide bonds. The fraction of sp³-hybridized carbons (Fsp3) is 0.533. The third kappa shape index (κ3) is 2.80. The second-order valence-corrected chi connectivity index (χ2v) is 5.52. The summed E-state index contributed by atoms with van der Waals surface area (Å²) in [6, 6.07) is 9.55. The zero-order valence-corrected chi connectivity index (χ0v) is 10.9. The van der Waals surface area contributed by atoms with Gasteiger partial charge in [-0.3, -0.25) is 4.79 Å². The van der Waals surface area contributed by atoms with E-state index in [4.69, 9.17) is 10.5 Å². The van der Waals surface area contributed by atoms with Crippen molar-refractivity contribution in [1.82, 2.24) is 5.32 Å². The molecule has 2 saturated heterocycles. The molecule has 4 heteroatoms. The van der Waals surface area contributed by atoms with Crippen LogP contribution in [0.2, 0.25) is 0 Å². The number of carbonyl (C=O) groups is 1. The predicted molar refractivity (Wildman–Crippen MR) is 72.6 cm³/mol. The number of nitrogens with one attached hydrogen (secondary N) is 1. The molecule has 0 aromatic heterocycles. The molecule has 1 aromatic carbocycles. The SMILES string of the molecule is N[C@@H](Cc1ccccc1)C(=O)NC1CC2CCC1O2. The van der Waals surface area contributed by atoms with E-state index in [0.717, 1.165) is 24.8 Å². The average molecular weight is 260 g/mol. The summed E-state index contributed by atoms with van der Waals surface area (Å²) in [6.07, 6.45) is 4.26. The Kier molecular flexibility index (Phi) is 3.53. The first-order chi connectivity index (χ1) is 9.22. The molecular formula is C15H20N2O2. The van der Waals surface area contributed by atoms with E-state index in [1.54, 1.807) is 0 Å². The van der Waals surface area contributed by atoms with Crippen molar-refractivity contribution in [2.24, 2.45) is 5.73 Å². The molecule has 19 heavy (non-hydrogen) atoms. The topological polar surface area (TPSA) is 64.4 Å². The first-order valence-corrected chi connectivity index (χ1v) is 6.98. The second kappa shape index (κ2) is 5.31. The molecule has 102 valence electrons. The van der Waals surface area contributed by atoms with Gasteiger partial charge in [0, 0.05) is 0 Å². The third-order valence-corrected chi connectivity index (χ3v) is 4.07. The van der Waals surface area contributed by atoms with E-state index in [9.17, 15) is 4.79 Å². The summed E-state index contributed by atoms with van der Waals surface area (Å²) in [5, 5.41) is 3.04. The first-order valence-electron chi connectivity index (χ1n) is 6.98. The van der Waals surface area contributed by atoms with Crippen molar-refractivity contribution in [2.45, 2.75) is 50.0 Å². The molecule has 0 saturated carbocycles. The van der Waals surface area contributed by atoms with E-state index in [1.807, 2.05) is 30.3 Å². The van der Waals surface area contributed by atoms with Gasteiger partial charge in [0.25, 0.3) is 0 Å². The standard InChI is InChI=1S/C15H20N2O2/c16-12(8-10-4-2-1-3-5-10)15(18)17-13-9-11-6-7-14(13)19-11/h1-5,11-14H,6-9,16H2,(H,17,18)/t11?,12-,13?,14?/m0/s1. The minimum Gasteiger partial charge on any atom is -0.373 e. The number of rotatable bonds is 4. The van der Waals surface area contributed by atoms with Gasteiger partial charge in [-0.2, -0.15) is 0 Å². The highest BCUT2D eigenvalue weighted by Gasteiger charge is 2.41. The molecule has 2 aliphatic heterocycles. The van der Waals surface area contributed by atoms with Gasteiger partial charge in [-0.15, -0.1) is 0 Å². The molecule has 0 aliphatic carbocycles. The van der Waals surface area contributed by atoms with Crippen molar-refractivity contribution in [3.63, 3.8) is 0 Å². The lowest BCUT2D eigenvalue weighted by molar-refractivity contribution is -0.123. The molecule has 2 aliphatic rings. The van der Waals surface area contributed by atoms with Crippen LogP contribution in [-0.4, -0.2) is 30.2 Å². The van der Waals surface area contributed by atoms with Gasteiger partial charge in [0.05, 0.1) is 24.3 Å². The maximum Gasteiger partial charge on any atom is 0.237 e. The highest BCUT2D eigenvalue weighted by atomic mass is 16.5. The van der Waals surface area contributed by atoms with Crippen LogP contribution in [-0.2, 0) is 16.0 Å². The molecule has 4 nitrogen and oxygen atoms in total. The van der Waals surface area contributed by atoms with Crippen LogP contribution in [0, 0.1) is 0 Å². The number of benzene rings is 1. The Morgan fingerprint density at radius 2 is 2.16 bits per heavy atom. The molecular weight excluding hydrogens is 240 g/mol.